The Kier molecular flexibility index (Phi) is 8.01. The van der Waals surface area contributed by atoms with E-state index in [1.54, 1.807) is 24.3 Å². The summed E-state index contributed by atoms with van der Waals surface area (Å²) in [5.74, 6) is 0.224. The minimum Gasteiger partial charge on any atom is -0.490 e. The van der Waals surface area contributed by atoms with Crippen LogP contribution >= 0.6 is 23.2 Å². The maximum atomic E-state index is 13.2. The number of ketones is 2. The number of nitrogens with zero attached hydrogens (tertiary/aromatic N) is 1. The molecule has 2 aromatic carbocycles. The molecule has 0 fully saturated rings. The van der Waals surface area contributed by atoms with E-state index in [1.807, 2.05) is 26.1 Å². The van der Waals surface area contributed by atoms with Crippen LogP contribution in [0.15, 0.2) is 58.9 Å². The van der Waals surface area contributed by atoms with Gasteiger partial charge in [0.2, 0.25) is 0 Å². The molecule has 2 aliphatic carbocycles. The average Bonchev–Trinajstić information content (AvgIpc) is 2.91. The minimum atomic E-state index is -0.432. The molecule has 1 aliphatic heterocycles. The first-order valence-electron chi connectivity index (χ1n) is 13.2. The normalized spacial score (nSPS) is 17.7. The molecule has 0 saturated carbocycles. The van der Waals surface area contributed by atoms with Crippen molar-refractivity contribution in [2.75, 3.05) is 25.6 Å². The van der Waals surface area contributed by atoms with Crippen molar-refractivity contribution in [2.24, 2.45) is 0 Å². The third-order valence-corrected chi connectivity index (χ3v) is 8.15. The number of Topliss-reactive ketones (excluding diaryl/α,β-unsaturated/α-hetero) is 2. The fourth-order valence-electron chi connectivity index (χ4n) is 5.69. The summed E-state index contributed by atoms with van der Waals surface area (Å²) in [5, 5.41) is 3.46. The molecule has 2 aromatic rings. The summed E-state index contributed by atoms with van der Waals surface area (Å²) in [6, 6.07) is 10.3. The molecule has 1 N–H and O–H groups in total. The summed E-state index contributed by atoms with van der Waals surface area (Å²) in [6.07, 6.45) is 4.21. The lowest BCUT2D eigenvalue weighted by molar-refractivity contribution is -0.118. The Morgan fingerprint density at radius 1 is 0.897 bits per heavy atom. The first kappa shape index (κ1) is 27.3. The highest BCUT2D eigenvalue weighted by atomic mass is 35.5. The molecule has 7 nitrogen and oxygen atoms in total. The van der Waals surface area contributed by atoms with Gasteiger partial charge in [0.05, 0.1) is 16.7 Å². The summed E-state index contributed by atoms with van der Waals surface area (Å²) in [5.41, 5.74) is 4.78. The number of amides is 1. The number of allylic oxidation sites excluding steroid dienone is 4. The van der Waals surface area contributed by atoms with Crippen LogP contribution in [-0.2, 0) is 14.4 Å². The molecule has 0 radical (unpaired) electrons. The van der Waals surface area contributed by atoms with E-state index in [1.165, 1.54) is 0 Å². The zero-order valence-corrected chi connectivity index (χ0v) is 23.5. The van der Waals surface area contributed by atoms with E-state index in [9.17, 15) is 14.4 Å². The largest absolute Gasteiger partial charge is 0.490 e. The molecule has 1 heterocycles. The van der Waals surface area contributed by atoms with Gasteiger partial charge in [-0.25, -0.2) is 0 Å². The number of carbonyl (C=O) groups is 3. The van der Waals surface area contributed by atoms with Crippen molar-refractivity contribution in [1.29, 1.82) is 0 Å². The van der Waals surface area contributed by atoms with Crippen LogP contribution in [0.25, 0.3) is 0 Å². The van der Waals surface area contributed by atoms with Gasteiger partial charge in [0, 0.05) is 54.0 Å². The van der Waals surface area contributed by atoms with Gasteiger partial charge in [0.15, 0.2) is 29.7 Å². The molecule has 9 heteroatoms. The van der Waals surface area contributed by atoms with Gasteiger partial charge in [-0.3, -0.25) is 14.4 Å². The van der Waals surface area contributed by atoms with E-state index >= 15 is 0 Å². The van der Waals surface area contributed by atoms with Crippen LogP contribution < -0.4 is 14.8 Å². The zero-order valence-electron chi connectivity index (χ0n) is 21.9. The number of rotatable bonds is 7. The molecule has 39 heavy (non-hydrogen) atoms. The van der Waals surface area contributed by atoms with Gasteiger partial charge in [0.25, 0.3) is 5.91 Å². The molecule has 0 saturated heterocycles. The Morgan fingerprint density at radius 3 is 2.18 bits per heavy atom. The fourth-order valence-corrected chi connectivity index (χ4v) is 5.99. The smallest absolute Gasteiger partial charge is 0.262 e. The van der Waals surface area contributed by atoms with Gasteiger partial charge in [-0.1, -0.05) is 29.3 Å². The second kappa shape index (κ2) is 11.4. The second-order valence-corrected chi connectivity index (χ2v) is 10.7. The van der Waals surface area contributed by atoms with Crippen molar-refractivity contribution >= 4 is 46.4 Å². The molecular formula is C30H30Cl2N2O5. The van der Waals surface area contributed by atoms with E-state index in [2.05, 4.69) is 10.2 Å². The minimum absolute atomic E-state index is 0.0929. The maximum absolute atomic E-state index is 13.2. The van der Waals surface area contributed by atoms with Crippen molar-refractivity contribution < 1.29 is 23.9 Å². The Balaban J connectivity index is 1.44. The summed E-state index contributed by atoms with van der Waals surface area (Å²) >= 11 is 12.0. The van der Waals surface area contributed by atoms with Gasteiger partial charge in [-0.15, -0.1) is 0 Å². The van der Waals surface area contributed by atoms with Gasteiger partial charge in [-0.05, 0) is 68.5 Å². The predicted octanol–water partition coefficient (Wildman–Crippen LogP) is 6.45. The quantitative estimate of drug-likeness (QED) is 0.413. The number of hydrogen-bond acceptors (Lipinski definition) is 6. The summed E-state index contributed by atoms with van der Waals surface area (Å²) in [6.45, 7) is 1.98. The lowest BCUT2D eigenvalue weighted by Crippen LogP contribution is -2.37. The third kappa shape index (κ3) is 5.43. The first-order valence-corrected chi connectivity index (χ1v) is 13.9. The Bertz CT molecular complexity index is 1370. The van der Waals surface area contributed by atoms with Crippen molar-refractivity contribution in [2.45, 2.75) is 51.4 Å². The number of carbonyl (C=O) groups excluding carboxylic acids is 3. The molecular weight excluding hydrogens is 539 g/mol. The van der Waals surface area contributed by atoms with Gasteiger partial charge in [0.1, 0.15) is 0 Å². The summed E-state index contributed by atoms with van der Waals surface area (Å²) < 4.78 is 11.7. The van der Waals surface area contributed by atoms with E-state index in [0.717, 1.165) is 53.8 Å². The standard InChI is InChI=1S/C30H30Cl2N2O5/c1-3-38-26-14-17(10-13-25(26)39-16-27(37)33-18-11-12-19(31)20(32)15-18)28-29-21(6-4-8-23(29)35)34(2)22-7-5-9-24(36)30(22)28/h10-15,28H,3-9,16H2,1-2H3,(H,33,37). The summed E-state index contributed by atoms with van der Waals surface area (Å²) in [4.78, 5) is 41.1. The van der Waals surface area contributed by atoms with Gasteiger partial charge in [-0.2, -0.15) is 0 Å². The van der Waals surface area contributed by atoms with Crippen LogP contribution in [-0.4, -0.2) is 42.6 Å². The molecule has 0 aromatic heterocycles. The molecule has 0 bridgehead atoms. The molecule has 204 valence electrons. The van der Waals surface area contributed by atoms with E-state index in [-0.39, 0.29) is 24.1 Å². The number of nitrogens with one attached hydrogen (secondary N) is 1. The van der Waals surface area contributed by atoms with Crippen molar-refractivity contribution in [3.63, 3.8) is 0 Å². The first-order chi connectivity index (χ1) is 18.8. The highest BCUT2D eigenvalue weighted by Crippen LogP contribution is 2.49. The van der Waals surface area contributed by atoms with Gasteiger partial charge < -0.3 is 19.7 Å². The van der Waals surface area contributed by atoms with Crippen molar-refractivity contribution in [3.8, 4) is 11.5 Å². The van der Waals surface area contributed by atoms with Crippen molar-refractivity contribution in [1.82, 2.24) is 4.90 Å². The highest BCUT2D eigenvalue weighted by molar-refractivity contribution is 6.42. The van der Waals surface area contributed by atoms with Crippen LogP contribution in [0.3, 0.4) is 0 Å². The van der Waals surface area contributed by atoms with Crippen molar-refractivity contribution in [3.05, 3.63) is 74.5 Å². The van der Waals surface area contributed by atoms with E-state index in [4.69, 9.17) is 32.7 Å². The number of hydrogen-bond donors (Lipinski definition) is 1. The number of benzene rings is 2. The topological polar surface area (TPSA) is 84.9 Å². The van der Waals surface area contributed by atoms with E-state index < -0.39 is 5.92 Å². The van der Waals surface area contributed by atoms with E-state index in [0.29, 0.717) is 46.7 Å². The highest BCUT2D eigenvalue weighted by Gasteiger charge is 2.42. The Morgan fingerprint density at radius 2 is 1.56 bits per heavy atom. The maximum Gasteiger partial charge on any atom is 0.262 e. The lowest BCUT2D eigenvalue weighted by Gasteiger charge is -2.42. The zero-order chi connectivity index (χ0) is 27.7. The molecule has 3 aliphatic rings. The SMILES string of the molecule is CCOc1cc(C2C3=C(CCCC3=O)N(C)C3=C2C(=O)CCC3)ccc1OCC(=O)Nc1ccc(Cl)c(Cl)c1. The monoisotopic (exact) mass is 568 g/mol. The number of halogens is 2. The number of ether oxygens (including phenoxy) is 2. The molecule has 1 amide bonds. The van der Waals surface area contributed by atoms with Crippen LogP contribution in [0.5, 0.6) is 11.5 Å². The average molecular weight is 569 g/mol. The molecule has 0 atom stereocenters. The van der Waals surface area contributed by atoms with Crippen LogP contribution in [0.1, 0.15) is 56.9 Å². The predicted molar refractivity (Wildman–Crippen MR) is 150 cm³/mol. The fraction of sp³-hybridized carbons (Fsp3) is 0.367. The molecule has 0 spiro atoms. The lowest BCUT2D eigenvalue weighted by atomic mass is 9.71. The second-order valence-electron chi connectivity index (χ2n) is 9.87. The summed E-state index contributed by atoms with van der Waals surface area (Å²) in [7, 11) is 1.98. The number of anilines is 1. The van der Waals surface area contributed by atoms with Gasteiger partial charge >= 0.3 is 0 Å². The Labute approximate surface area is 237 Å². The molecule has 5 rings (SSSR count). The molecule has 0 unspecified atom stereocenters. The Hall–Kier alpha value is -3.29. The third-order valence-electron chi connectivity index (χ3n) is 7.41. The van der Waals surface area contributed by atoms with Crippen LogP contribution in [0.4, 0.5) is 5.69 Å². The van der Waals surface area contributed by atoms with Crippen LogP contribution in [0.2, 0.25) is 10.0 Å². The van der Waals surface area contributed by atoms with Crippen LogP contribution in [0, 0.1) is 0 Å².